The van der Waals surface area contributed by atoms with E-state index in [4.69, 9.17) is 10.6 Å². The van der Waals surface area contributed by atoms with Crippen LogP contribution >= 0.6 is 0 Å². The fourth-order valence-corrected chi connectivity index (χ4v) is 2.13. The first kappa shape index (κ1) is 14.4. The van der Waals surface area contributed by atoms with Gasteiger partial charge in [-0.1, -0.05) is 12.1 Å². The molecule has 1 unspecified atom stereocenters. The minimum Gasteiger partial charge on any atom is -0.494 e. The first-order valence-electron chi connectivity index (χ1n) is 6.41. The Morgan fingerprint density at radius 2 is 2.00 bits per heavy atom. The number of hydrogen-bond acceptors (Lipinski definition) is 4. The Bertz CT molecular complexity index is 548. The fraction of sp³-hybridized carbons (Fsp3) is 0.267. The summed E-state index contributed by atoms with van der Waals surface area (Å²) < 4.78 is 19.1. The molecule has 0 saturated carbocycles. The number of nitrogens with two attached hydrogens (primary N) is 1. The van der Waals surface area contributed by atoms with Gasteiger partial charge in [0.1, 0.15) is 0 Å². The third-order valence-electron chi connectivity index (χ3n) is 3.20. The highest BCUT2D eigenvalue weighted by molar-refractivity contribution is 5.31. The number of rotatable bonds is 6. The zero-order chi connectivity index (χ0) is 14.4. The van der Waals surface area contributed by atoms with Gasteiger partial charge in [0.05, 0.1) is 7.11 Å². The lowest BCUT2D eigenvalue weighted by atomic mass is 9.99. The lowest BCUT2D eigenvalue weighted by Gasteiger charge is -2.17. The second kappa shape index (κ2) is 6.98. The van der Waals surface area contributed by atoms with Gasteiger partial charge in [0.25, 0.3) is 0 Å². The lowest BCUT2D eigenvalue weighted by Crippen LogP contribution is -2.38. The van der Waals surface area contributed by atoms with Gasteiger partial charge in [-0.2, -0.15) is 0 Å². The molecule has 5 heteroatoms. The number of benzene rings is 1. The lowest BCUT2D eigenvalue weighted by molar-refractivity contribution is 0.382. The van der Waals surface area contributed by atoms with Crippen LogP contribution in [0.4, 0.5) is 4.39 Å². The topological polar surface area (TPSA) is 60.2 Å². The first-order chi connectivity index (χ1) is 9.74. The zero-order valence-electron chi connectivity index (χ0n) is 11.3. The van der Waals surface area contributed by atoms with Crippen molar-refractivity contribution in [2.75, 3.05) is 7.11 Å². The number of hydrogen-bond donors (Lipinski definition) is 2. The largest absolute Gasteiger partial charge is 0.494 e. The maximum Gasteiger partial charge on any atom is 0.168 e. The maximum atomic E-state index is 14.1. The molecule has 0 spiro atoms. The molecule has 106 valence electrons. The number of pyridine rings is 1. The number of methoxy groups -OCH3 is 1. The normalized spacial score (nSPS) is 12.2. The van der Waals surface area contributed by atoms with Crippen LogP contribution in [0.1, 0.15) is 11.1 Å². The average Bonchev–Trinajstić information content (AvgIpc) is 2.49. The molecule has 3 N–H and O–H groups in total. The summed E-state index contributed by atoms with van der Waals surface area (Å²) in [5.41, 5.74) is 4.42. The van der Waals surface area contributed by atoms with Crippen LogP contribution in [0.15, 0.2) is 42.7 Å². The van der Waals surface area contributed by atoms with Crippen molar-refractivity contribution in [2.24, 2.45) is 5.84 Å². The quantitative estimate of drug-likeness (QED) is 0.624. The molecule has 0 amide bonds. The van der Waals surface area contributed by atoms with Crippen LogP contribution in [0.25, 0.3) is 0 Å². The zero-order valence-corrected chi connectivity index (χ0v) is 11.3. The molecule has 0 radical (unpaired) electrons. The van der Waals surface area contributed by atoms with E-state index in [-0.39, 0.29) is 17.6 Å². The van der Waals surface area contributed by atoms with Gasteiger partial charge in [-0.15, -0.1) is 0 Å². The summed E-state index contributed by atoms with van der Waals surface area (Å²) in [6.07, 6.45) is 4.65. The van der Waals surface area contributed by atoms with E-state index in [9.17, 15) is 4.39 Å². The third kappa shape index (κ3) is 3.53. The molecule has 0 aliphatic carbocycles. The van der Waals surface area contributed by atoms with Crippen molar-refractivity contribution < 1.29 is 9.13 Å². The van der Waals surface area contributed by atoms with Gasteiger partial charge in [0.2, 0.25) is 0 Å². The van der Waals surface area contributed by atoms with Crippen LogP contribution in [-0.2, 0) is 12.8 Å². The number of nitrogens with zero attached hydrogens (tertiary/aromatic N) is 1. The van der Waals surface area contributed by atoms with Crippen LogP contribution in [0, 0.1) is 5.82 Å². The van der Waals surface area contributed by atoms with E-state index < -0.39 is 0 Å². The van der Waals surface area contributed by atoms with Gasteiger partial charge in [0.15, 0.2) is 11.6 Å². The number of halogens is 1. The summed E-state index contributed by atoms with van der Waals surface area (Å²) in [6.45, 7) is 0. The molecule has 4 nitrogen and oxygen atoms in total. The Morgan fingerprint density at radius 1 is 1.25 bits per heavy atom. The summed E-state index contributed by atoms with van der Waals surface area (Å²) in [4.78, 5) is 3.97. The summed E-state index contributed by atoms with van der Waals surface area (Å²) in [7, 11) is 1.46. The Hall–Kier alpha value is -1.98. The van der Waals surface area contributed by atoms with E-state index in [1.54, 1.807) is 30.6 Å². The van der Waals surface area contributed by atoms with Gasteiger partial charge in [-0.05, 0) is 42.2 Å². The molecule has 1 heterocycles. The summed E-state index contributed by atoms with van der Waals surface area (Å²) in [5, 5.41) is 0. The minimum absolute atomic E-state index is 0.0565. The van der Waals surface area contributed by atoms with E-state index in [0.29, 0.717) is 18.4 Å². The molecule has 0 aliphatic rings. The molecule has 2 aromatic rings. The molecule has 1 aromatic carbocycles. The minimum atomic E-state index is -0.329. The van der Waals surface area contributed by atoms with Crippen molar-refractivity contribution in [1.82, 2.24) is 10.4 Å². The number of nitrogens with one attached hydrogen (secondary N) is 1. The second-order valence-corrected chi connectivity index (χ2v) is 4.56. The summed E-state index contributed by atoms with van der Waals surface area (Å²) in [6, 6.07) is 8.91. The Labute approximate surface area is 117 Å². The van der Waals surface area contributed by atoms with Gasteiger partial charge in [-0.3, -0.25) is 16.3 Å². The van der Waals surface area contributed by atoms with Crippen molar-refractivity contribution in [3.63, 3.8) is 0 Å². The van der Waals surface area contributed by atoms with Crippen LogP contribution < -0.4 is 16.0 Å². The van der Waals surface area contributed by atoms with E-state index in [2.05, 4.69) is 10.4 Å². The van der Waals surface area contributed by atoms with E-state index in [1.165, 1.54) is 7.11 Å². The maximum absolute atomic E-state index is 14.1. The predicted molar refractivity (Wildman–Crippen MR) is 75.7 cm³/mol. The van der Waals surface area contributed by atoms with Crippen molar-refractivity contribution in [3.8, 4) is 5.75 Å². The molecule has 1 aromatic heterocycles. The molecule has 20 heavy (non-hydrogen) atoms. The fourth-order valence-electron chi connectivity index (χ4n) is 2.13. The molecule has 1 atom stereocenters. The van der Waals surface area contributed by atoms with Crippen molar-refractivity contribution >= 4 is 0 Å². The van der Waals surface area contributed by atoms with Crippen LogP contribution in [0.3, 0.4) is 0 Å². The smallest absolute Gasteiger partial charge is 0.168 e. The van der Waals surface area contributed by atoms with Crippen molar-refractivity contribution in [3.05, 3.63) is 59.7 Å². The van der Waals surface area contributed by atoms with Gasteiger partial charge >= 0.3 is 0 Å². The monoisotopic (exact) mass is 275 g/mol. The van der Waals surface area contributed by atoms with Gasteiger partial charge in [0, 0.05) is 18.4 Å². The molecule has 2 rings (SSSR count). The van der Waals surface area contributed by atoms with Gasteiger partial charge in [-0.25, -0.2) is 4.39 Å². The summed E-state index contributed by atoms with van der Waals surface area (Å²) in [5.74, 6) is 5.49. The number of aromatic nitrogens is 1. The molecule has 0 fully saturated rings. The first-order valence-corrected chi connectivity index (χ1v) is 6.41. The number of ether oxygens (including phenoxy) is 1. The van der Waals surface area contributed by atoms with E-state index in [1.807, 2.05) is 12.1 Å². The average molecular weight is 275 g/mol. The van der Waals surface area contributed by atoms with Crippen molar-refractivity contribution in [2.45, 2.75) is 18.9 Å². The van der Waals surface area contributed by atoms with Crippen molar-refractivity contribution in [1.29, 1.82) is 0 Å². The third-order valence-corrected chi connectivity index (χ3v) is 3.20. The van der Waals surface area contributed by atoms with E-state index >= 15 is 0 Å². The molecule has 0 saturated heterocycles. The second-order valence-electron chi connectivity index (χ2n) is 4.56. The molecule has 0 aliphatic heterocycles. The Kier molecular flexibility index (Phi) is 5.03. The predicted octanol–water partition coefficient (Wildman–Crippen LogP) is 1.85. The van der Waals surface area contributed by atoms with Crippen LogP contribution in [0.2, 0.25) is 0 Å². The highest BCUT2D eigenvalue weighted by Gasteiger charge is 2.14. The highest BCUT2D eigenvalue weighted by Crippen LogP contribution is 2.21. The Balaban J connectivity index is 2.10. The molecular formula is C15H18FN3O. The van der Waals surface area contributed by atoms with Crippen LogP contribution in [-0.4, -0.2) is 18.1 Å². The molecular weight excluding hydrogens is 257 g/mol. The molecule has 0 bridgehead atoms. The number of hydrazine groups is 1. The van der Waals surface area contributed by atoms with Gasteiger partial charge < -0.3 is 4.74 Å². The SMILES string of the molecule is COc1cccc(CC(Cc2ccncc2)NN)c1F. The van der Waals surface area contributed by atoms with E-state index in [0.717, 1.165) is 5.56 Å². The highest BCUT2D eigenvalue weighted by atomic mass is 19.1. The Morgan fingerprint density at radius 3 is 2.65 bits per heavy atom. The standard InChI is InChI=1S/C15H18FN3O/c1-20-14-4-2-3-12(15(14)16)10-13(19-17)9-11-5-7-18-8-6-11/h2-8,13,19H,9-10,17H2,1H3. The van der Waals surface area contributed by atoms with Crippen LogP contribution in [0.5, 0.6) is 5.75 Å². The summed E-state index contributed by atoms with van der Waals surface area (Å²) >= 11 is 0.